The molecule has 0 atom stereocenters. The second kappa shape index (κ2) is 8.12. The van der Waals surface area contributed by atoms with E-state index >= 15 is 0 Å². The summed E-state index contributed by atoms with van der Waals surface area (Å²) in [6, 6.07) is 10.4. The van der Waals surface area contributed by atoms with Gasteiger partial charge in [0.2, 0.25) is 10.0 Å². The van der Waals surface area contributed by atoms with Crippen LogP contribution in [0, 0.1) is 20.8 Å². The van der Waals surface area contributed by atoms with Crippen LogP contribution in [-0.2, 0) is 10.0 Å². The van der Waals surface area contributed by atoms with E-state index in [2.05, 4.69) is 15.5 Å². The molecule has 32 heavy (non-hydrogen) atoms. The Balaban J connectivity index is 1.77. The average Bonchev–Trinajstić information content (AvgIpc) is 3.34. The SMILES string of the molecule is Cc1ccc(-c2cc(C(=O)Nc3ccc(C)c(S(=O)(=O)N(C)C)c3)c3c(C)noc3n2)s1. The lowest BCUT2D eigenvalue weighted by molar-refractivity contribution is 0.102. The highest BCUT2D eigenvalue weighted by Gasteiger charge is 2.23. The molecule has 0 bridgehead atoms. The summed E-state index contributed by atoms with van der Waals surface area (Å²) in [6.45, 7) is 5.45. The number of fused-ring (bicyclic) bond motifs is 1. The fourth-order valence-corrected chi connectivity index (χ4v) is 5.30. The zero-order chi connectivity index (χ0) is 23.2. The first-order valence-electron chi connectivity index (χ1n) is 9.76. The summed E-state index contributed by atoms with van der Waals surface area (Å²) >= 11 is 1.56. The van der Waals surface area contributed by atoms with Crippen LogP contribution >= 0.6 is 11.3 Å². The first-order chi connectivity index (χ1) is 15.1. The van der Waals surface area contributed by atoms with Gasteiger partial charge in [-0.2, -0.15) is 0 Å². The van der Waals surface area contributed by atoms with E-state index in [4.69, 9.17) is 4.52 Å². The third kappa shape index (κ3) is 3.92. The second-order valence-corrected chi connectivity index (χ2v) is 11.0. The molecule has 1 aromatic carbocycles. The Bertz CT molecular complexity index is 1450. The number of hydrogen-bond acceptors (Lipinski definition) is 7. The van der Waals surface area contributed by atoms with Gasteiger partial charge >= 0.3 is 0 Å². The quantitative estimate of drug-likeness (QED) is 0.464. The fourth-order valence-electron chi connectivity index (χ4n) is 3.32. The Morgan fingerprint density at radius 3 is 2.50 bits per heavy atom. The molecule has 8 nitrogen and oxygen atoms in total. The Kier molecular flexibility index (Phi) is 5.61. The van der Waals surface area contributed by atoms with Crippen molar-refractivity contribution in [2.24, 2.45) is 0 Å². The average molecular weight is 471 g/mol. The largest absolute Gasteiger partial charge is 0.335 e. The molecule has 0 fully saturated rings. The molecule has 3 heterocycles. The molecule has 1 N–H and O–H groups in total. The minimum atomic E-state index is -3.65. The number of anilines is 1. The molecule has 4 aromatic rings. The molecule has 0 saturated heterocycles. The van der Waals surface area contributed by atoms with Crippen molar-refractivity contribution in [2.75, 3.05) is 19.4 Å². The number of nitrogens with zero attached hydrogens (tertiary/aromatic N) is 3. The number of aromatic nitrogens is 2. The van der Waals surface area contributed by atoms with E-state index in [1.54, 1.807) is 43.4 Å². The Morgan fingerprint density at radius 2 is 1.84 bits per heavy atom. The van der Waals surface area contributed by atoms with E-state index in [9.17, 15) is 13.2 Å². The number of rotatable bonds is 5. The Hall–Kier alpha value is -3.08. The van der Waals surface area contributed by atoms with Gasteiger partial charge in [-0.25, -0.2) is 17.7 Å². The predicted molar refractivity (Wildman–Crippen MR) is 125 cm³/mol. The highest BCUT2D eigenvalue weighted by molar-refractivity contribution is 7.89. The molecule has 0 saturated carbocycles. The van der Waals surface area contributed by atoms with Crippen LogP contribution in [0.1, 0.15) is 26.5 Å². The van der Waals surface area contributed by atoms with Crippen LogP contribution in [0.2, 0.25) is 0 Å². The molecule has 0 aliphatic heterocycles. The summed E-state index contributed by atoms with van der Waals surface area (Å²) in [6.07, 6.45) is 0. The van der Waals surface area contributed by atoms with Gasteiger partial charge in [0.15, 0.2) is 0 Å². The Morgan fingerprint density at radius 1 is 1.09 bits per heavy atom. The zero-order valence-corrected chi connectivity index (χ0v) is 19.9. The van der Waals surface area contributed by atoms with Crippen LogP contribution in [0.15, 0.2) is 45.8 Å². The Labute approximate surface area is 189 Å². The normalized spacial score (nSPS) is 11.9. The molecule has 10 heteroatoms. The highest BCUT2D eigenvalue weighted by atomic mass is 32.2. The van der Waals surface area contributed by atoms with Gasteiger partial charge in [-0.05, 0) is 56.7 Å². The van der Waals surface area contributed by atoms with Crippen LogP contribution in [0.25, 0.3) is 21.7 Å². The van der Waals surface area contributed by atoms with E-state index in [0.29, 0.717) is 33.6 Å². The van der Waals surface area contributed by atoms with Crippen molar-refractivity contribution in [1.29, 1.82) is 0 Å². The van der Waals surface area contributed by atoms with Gasteiger partial charge in [-0.15, -0.1) is 11.3 Å². The third-order valence-corrected chi connectivity index (χ3v) is 8.04. The topological polar surface area (TPSA) is 105 Å². The van der Waals surface area contributed by atoms with Crippen molar-refractivity contribution in [1.82, 2.24) is 14.4 Å². The predicted octanol–water partition coefficient (Wildman–Crippen LogP) is 4.38. The lowest BCUT2D eigenvalue weighted by Crippen LogP contribution is -2.23. The maximum Gasteiger partial charge on any atom is 0.259 e. The molecule has 0 aliphatic carbocycles. The van der Waals surface area contributed by atoms with E-state index in [1.807, 2.05) is 19.1 Å². The highest BCUT2D eigenvalue weighted by Crippen LogP contribution is 2.31. The molecular weight excluding hydrogens is 448 g/mol. The number of benzene rings is 1. The van der Waals surface area contributed by atoms with Crippen molar-refractivity contribution < 1.29 is 17.7 Å². The number of aryl methyl sites for hydroxylation is 3. The minimum Gasteiger partial charge on any atom is -0.335 e. The monoisotopic (exact) mass is 470 g/mol. The molecule has 3 aromatic heterocycles. The van der Waals surface area contributed by atoms with Crippen LogP contribution in [0.3, 0.4) is 0 Å². The van der Waals surface area contributed by atoms with Gasteiger partial charge in [0.1, 0.15) is 0 Å². The molecule has 166 valence electrons. The molecule has 0 unspecified atom stereocenters. The summed E-state index contributed by atoms with van der Waals surface area (Å²) in [5.41, 5.74) is 2.74. The van der Waals surface area contributed by atoms with E-state index in [0.717, 1.165) is 14.1 Å². The van der Waals surface area contributed by atoms with E-state index in [1.165, 1.54) is 20.2 Å². The minimum absolute atomic E-state index is 0.135. The molecule has 0 radical (unpaired) electrons. The van der Waals surface area contributed by atoms with Gasteiger partial charge in [-0.3, -0.25) is 4.79 Å². The maximum absolute atomic E-state index is 13.3. The van der Waals surface area contributed by atoms with Gasteiger partial charge < -0.3 is 9.84 Å². The van der Waals surface area contributed by atoms with Gasteiger partial charge in [0.25, 0.3) is 11.6 Å². The van der Waals surface area contributed by atoms with E-state index in [-0.39, 0.29) is 10.6 Å². The van der Waals surface area contributed by atoms with E-state index < -0.39 is 15.9 Å². The zero-order valence-electron chi connectivity index (χ0n) is 18.3. The lowest BCUT2D eigenvalue weighted by atomic mass is 10.1. The first kappa shape index (κ1) is 22.1. The van der Waals surface area contributed by atoms with Crippen molar-refractivity contribution in [3.8, 4) is 10.6 Å². The van der Waals surface area contributed by atoms with Crippen LogP contribution < -0.4 is 5.32 Å². The number of pyridine rings is 1. The number of hydrogen-bond donors (Lipinski definition) is 1. The summed E-state index contributed by atoms with van der Waals surface area (Å²) in [5, 5.41) is 7.30. The summed E-state index contributed by atoms with van der Waals surface area (Å²) in [5.74, 6) is -0.407. The van der Waals surface area contributed by atoms with Crippen LogP contribution in [-0.4, -0.2) is 42.9 Å². The van der Waals surface area contributed by atoms with Gasteiger partial charge in [-0.1, -0.05) is 11.2 Å². The van der Waals surface area contributed by atoms with Crippen molar-refractivity contribution in [3.05, 3.63) is 58.1 Å². The van der Waals surface area contributed by atoms with Crippen molar-refractivity contribution >= 4 is 44.1 Å². The lowest BCUT2D eigenvalue weighted by Gasteiger charge is -2.15. The van der Waals surface area contributed by atoms with Crippen LogP contribution in [0.4, 0.5) is 5.69 Å². The fraction of sp³-hybridized carbons (Fsp3) is 0.227. The molecule has 0 spiro atoms. The second-order valence-electron chi connectivity index (χ2n) is 7.64. The summed E-state index contributed by atoms with van der Waals surface area (Å²) in [4.78, 5) is 20.0. The summed E-state index contributed by atoms with van der Waals surface area (Å²) in [7, 11) is -0.718. The third-order valence-electron chi connectivity index (χ3n) is 5.06. The van der Waals surface area contributed by atoms with Crippen LogP contribution in [0.5, 0.6) is 0 Å². The van der Waals surface area contributed by atoms with Gasteiger partial charge in [0, 0.05) is 24.7 Å². The molecule has 0 aliphatic rings. The number of sulfonamides is 1. The van der Waals surface area contributed by atoms with Crippen molar-refractivity contribution in [3.63, 3.8) is 0 Å². The molecule has 4 rings (SSSR count). The number of amides is 1. The molecular formula is C22H22N4O4S2. The first-order valence-corrected chi connectivity index (χ1v) is 12.0. The maximum atomic E-state index is 13.3. The number of carbonyl (C=O) groups is 1. The summed E-state index contributed by atoms with van der Waals surface area (Å²) < 4.78 is 31.8. The van der Waals surface area contributed by atoms with Crippen molar-refractivity contribution in [2.45, 2.75) is 25.7 Å². The molecule has 1 amide bonds. The number of carbonyl (C=O) groups excluding carboxylic acids is 1. The smallest absolute Gasteiger partial charge is 0.259 e. The van der Waals surface area contributed by atoms with Gasteiger partial charge in [0.05, 0.1) is 32.1 Å². The number of nitrogens with one attached hydrogen (secondary N) is 1. The number of thiophene rings is 1. The standard InChI is InChI=1S/C22H22N4O4S2/c1-12-6-8-15(10-19(12)32(28,29)26(4)5)23-21(27)16-11-17(18-9-7-13(2)31-18)24-22-20(16)14(3)25-30-22/h6-11H,1-5H3,(H,23,27).